The largest absolute Gasteiger partial charge is 0.381 e. The van der Waals surface area contributed by atoms with E-state index in [-0.39, 0.29) is 11.9 Å². The van der Waals surface area contributed by atoms with Crippen LogP contribution in [0.4, 0.5) is 0 Å². The molecule has 3 rings (SSSR count). The molecule has 1 aromatic carbocycles. The summed E-state index contributed by atoms with van der Waals surface area (Å²) >= 11 is 12.3. The lowest BCUT2D eigenvalue weighted by molar-refractivity contribution is -0.116. The molecule has 0 bridgehead atoms. The van der Waals surface area contributed by atoms with Crippen LogP contribution in [0.5, 0.6) is 0 Å². The zero-order valence-electron chi connectivity index (χ0n) is 14.6. The van der Waals surface area contributed by atoms with E-state index < -0.39 is 0 Å². The van der Waals surface area contributed by atoms with E-state index >= 15 is 0 Å². The summed E-state index contributed by atoms with van der Waals surface area (Å²) in [4.78, 5) is 14.7. The van der Waals surface area contributed by atoms with Gasteiger partial charge in [-0.2, -0.15) is 0 Å². The number of hydrogen-bond acceptors (Lipinski definition) is 4. The molecule has 142 valence electrons. The number of nitrogens with zero attached hydrogens (tertiary/aromatic N) is 1. The molecule has 0 saturated carbocycles. The predicted molar refractivity (Wildman–Crippen MR) is 104 cm³/mol. The molecule has 26 heavy (non-hydrogen) atoms. The van der Waals surface area contributed by atoms with Crippen LogP contribution >= 0.6 is 23.2 Å². The van der Waals surface area contributed by atoms with Gasteiger partial charge < -0.3 is 14.8 Å². The molecule has 2 heterocycles. The standard InChI is InChI=1S/C19H24Cl2N2O3/c20-16-2-1-3-17(21)15(16)4-5-19(24)22-12-18(14-6-9-26-13-14)23-7-10-25-11-8-23/h1-5,14,18H,6-13H2,(H,22,24)/b5-4+. The average molecular weight is 399 g/mol. The molecular formula is C19H24Cl2N2O3. The number of amides is 1. The molecule has 2 aliphatic heterocycles. The molecule has 1 aromatic rings. The van der Waals surface area contributed by atoms with Crippen molar-refractivity contribution >= 4 is 35.2 Å². The number of rotatable bonds is 6. The number of hydrogen-bond donors (Lipinski definition) is 1. The molecule has 0 radical (unpaired) electrons. The fraction of sp³-hybridized carbons (Fsp3) is 0.526. The topological polar surface area (TPSA) is 50.8 Å². The minimum atomic E-state index is -0.154. The molecule has 2 saturated heterocycles. The summed E-state index contributed by atoms with van der Waals surface area (Å²) < 4.78 is 11.0. The van der Waals surface area contributed by atoms with E-state index in [9.17, 15) is 4.79 Å². The molecule has 1 amide bonds. The average Bonchev–Trinajstić information content (AvgIpc) is 3.17. The van der Waals surface area contributed by atoms with Crippen molar-refractivity contribution < 1.29 is 14.3 Å². The third-order valence-electron chi connectivity index (χ3n) is 4.91. The van der Waals surface area contributed by atoms with E-state index in [1.54, 1.807) is 24.3 Å². The zero-order chi connectivity index (χ0) is 18.4. The van der Waals surface area contributed by atoms with Crippen molar-refractivity contribution in [3.05, 3.63) is 39.9 Å². The molecule has 2 unspecified atom stereocenters. The number of morpholine rings is 1. The second kappa shape index (κ2) is 9.72. The van der Waals surface area contributed by atoms with Crippen molar-refractivity contribution in [3.8, 4) is 0 Å². The minimum Gasteiger partial charge on any atom is -0.381 e. The molecule has 2 aliphatic rings. The second-order valence-corrected chi connectivity index (χ2v) is 7.37. The Morgan fingerprint density at radius 1 is 1.23 bits per heavy atom. The SMILES string of the molecule is O=C(/C=C/c1c(Cl)cccc1Cl)NCC(C1CCOC1)N1CCOCC1. The van der Waals surface area contributed by atoms with Crippen LogP contribution in [0.15, 0.2) is 24.3 Å². The monoisotopic (exact) mass is 398 g/mol. The first-order valence-corrected chi connectivity index (χ1v) is 9.70. The molecule has 2 atom stereocenters. The summed E-state index contributed by atoms with van der Waals surface area (Å²) in [5.41, 5.74) is 0.653. The van der Waals surface area contributed by atoms with Crippen LogP contribution in [0, 0.1) is 5.92 Å². The van der Waals surface area contributed by atoms with Crippen LogP contribution in [-0.2, 0) is 14.3 Å². The van der Waals surface area contributed by atoms with Gasteiger partial charge in [-0.15, -0.1) is 0 Å². The van der Waals surface area contributed by atoms with Gasteiger partial charge in [0.2, 0.25) is 5.91 Å². The summed E-state index contributed by atoms with van der Waals surface area (Å²) in [5.74, 6) is 0.286. The number of halogens is 2. The molecule has 7 heteroatoms. The summed E-state index contributed by atoms with van der Waals surface area (Å²) in [6.45, 7) is 5.40. The smallest absolute Gasteiger partial charge is 0.244 e. The van der Waals surface area contributed by atoms with E-state index in [4.69, 9.17) is 32.7 Å². The normalized spacial score (nSPS) is 22.6. The van der Waals surface area contributed by atoms with Gasteiger partial charge >= 0.3 is 0 Å². The highest BCUT2D eigenvalue weighted by Gasteiger charge is 2.31. The first-order valence-electron chi connectivity index (χ1n) is 8.94. The molecular weight excluding hydrogens is 375 g/mol. The Hall–Kier alpha value is -1.11. The van der Waals surface area contributed by atoms with E-state index in [2.05, 4.69) is 10.2 Å². The Kier molecular flexibility index (Phi) is 7.34. The van der Waals surface area contributed by atoms with Crippen LogP contribution in [0.3, 0.4) is 0 Å². The highest BCUT2D eigenvalue weighted by molar-refractivity contribution is 6.37. The van der Waals surface area contributed by atoms with E-state index in [0.29, 0.717) is 28.1 Å². The van der Waals surface area contributed by atoms with Gasteiger partial charge in [0, 0.05) is 59.9 Å². The minimum absolute atomic E-state index is 0.154. The van der Waals surface area contributed by atoms with Crippen LogP contribution < -0.4 is 5.32 Å². The van der Waals surface area contributed by atoms with Gasteiger partial charge in [-0.1, -0.05) is 29.3 Å². The van der Waals surface area contributed by atoms with Crippen molar-refractivity contribution in [2.45, 2.75) is 12.5 Å². The Morgan fingerprint density at radius 2 is 1.96 bits per heavy atom. The van der Waals surface area contributed by atoms with Crippen molar-refractivity contribution in [2.24, 2.45) is 5.92 Å². The van der Waals surface area contributed by atoms with Gasteiger partial charge in [0.15, 0.2) is 0 Å². The highest BCUT2D eigenvalue weighted by atomic mass is 35.5. The van der Waals surface area contributed by atoms with Crippen LogP contribution in [0.2, 0.25) is 10.0 Å². The highest BCUT2D eigenvalue weighted by Crippen LogP contribution is 2.25. The number of nitrogens with one attached hydrogen (secondary N) is 1. The molecule has 1 N–H and O–H groups in total. The lowest BCUT2D eigenvalue weighted by atomic mass is 9.97. The third-order valence-corrected chi connectivity index (χ3v) is 5.57. The van der Waals surface area contributed by atoms with E-state index in [1.165, 1.54) is 6.08 Å². The third kappa shape index (κ3) is 5.21. The van der Waals surface area contributed by atoms with Crippen molar-refractivity contribution in [1.29, 1.82) is 0 Å². The van der Waals surface area contributed by atoms with Crippen molar-refractivity contribution in [3.63, 3.8) is 0 Å². The lowest BCUT2D eigenvalue weighted by Crippen LogP contribution is -2.52. The maximum absolute atomic E-state index is 12.3. The Balaban J connectivity index is 1.59. The first-order chi connectivity index (χ1) is 12.6. The summed E-state index contributed by atoms with van der Waals surface area (Å²) in [7, 11) is 0. The Labute approximate surface area is 164 Å². The Morgan fingerprint density at radius 3 is 2.62 bits per heavy atom. The summed E-state index contributed by atoms with van der Waals surface area (Å²) in [6, 6.07) is 5.54. The second-order valence-electron chi connectivity index (χ2n) is 6.55. The van der Waals surface area contributed by atoms with Gasteiger partial charge in [0.05, 0.1) is 19.8 Å². The van der Waals surface area contributed by atoms with Gasteiger partial charge in [-0.25, -0.2) is 0 Å². The molecule has 0 aliphatic carbocycles. The predicted octanol–water partition coefficient (Wildman–Crippen LogP) is 2.86. The summed E-state index contributed by atoms with van der Waals surface area (Å²) in [5, 5.41) is 4.06. The fourth-order valence-corrected chi connectivity index (χ4v) is 3.98. The number of carbonyl (C=O) groups excluding carboxylic acids is 1. The zero-order valence-corrected chi connectivity index (χ0v) is 16.1. The first kappa shape index (κ1) is 19.6. The number of ether oxygens (including phenoxy) is 2. The maximum Gasteiger partial charge on any atom is 0.244 e. The van der Waals surface area contributed by atoms with Gasteiger partial charge in [0.1, 0.15) is 0 Å². The molecule has 0 spiro atoms. The lowest BCUT2D eigenvalue weighted by Gasteiger charge is -2.37. The van der Waals surface area contributed by atoms with Gasteiger partial charge in [-0.3, -0.25) is 9.69 Å². The molecule has 0 aromatic heterocycles. The van der Waals surface area contributed by atoms with Gasteiger partial charge in [-0.05, 0) is 24.6 Å². The maximum atomic E-state index is 12.3. The molecule has 5 nitrogen and oxygen atoms in total. The number of benzene rings is 1. The van der Waals surface area contributed by atoms with Gasteiger partial charge in [0.25, 0.3) is 0 Å². The van der Waals surface area contributed by atoms with Crippen molar-refractivity contribution in [2.75, 3.05) is 46.1 Å². The fourth-order valence-electron chi connectivity index (χ4n) is 3.45. The summed E-state index contributed by atoms with van der Waals surface area (Å²) in [6.07, 6.45) is 4.17. The van der Waals surface area contributed by atoms with Crippen LogP contribution in [0.1, 0.15) is 12.0 Å². The number of carbonyl (C=O) groups is 1. The Bertz CT molecular complexity index is 621. The quantitative estimate of drug-likeness (QED) is 0.748. The van der Waals surface area contributed by atoms with Crippen LogP contribution in [-0.4, -0.2) is 62.9 Å². The van der Waals surface area contributed by atoms with Crippen molar-refractivity contribution in [1.82, 2.24) is 10.2 Å². The van der Waals surface area contributed by atoms with E-state index in [1.807, 2.05) is 0 Å². The van der Waals surface area contributed by atoms with E-state index in [0.717, 1.165) is 45.9 Å². The molecule has 2 fully saturated rings. The van der Waals surface area contributed by atoms with Crippen LogP contribution in [0.25, 0.3) is 6.08 Å².